The molecule has 2 heterocycles. The number of carbonyl (C=O) groups excluding carboxylic acids is 1. The van der Waals surface area contributed by atoms with Gasteiger partial charge in [0.2, 0.25) is 5.91 Å². The van der Waals surface area contributed by atoms with E-state index in [1.54, 1.807) is 0 Å². The van der Waals surface area contributed by atoms with Gasteiger partial charge in [0.05, 0.1) is 18.6 Å². The highest BCUT2D eigenvalue weighted by Crippen LogP contribution is 2.40. The topological polar surface area (TPSA) is 55.6 Å². The van der Waals surface area contributed by atoms with E-state index in [0.717, 1.165) is 18.9 Å². The first-order valence-corrected chi connectivity index (χ1v) is 7.27. The summed E-state index contributed by atoms with van der Waals surface area (Å²) in [5.41, 5.74) is 5.59. The third-order valence-electron chi connectivity index (χ3n) is 5.26. The van der Waals surface area contributed by atoms with Crippen molar-refractivity contribution in [3.05, 3.63) is 0 Å². The smallest absolute Gasteiger partial charge is 0.232 e. The van der Waals surface area contributed by atoms with Crippen LogP contribution in [0.25, 0.3) is 0 Å². The molecule has 1 amide bonds. The zero-order valence-corrected chi connectivity index (χ0v) is 11.2. The number of amides is 1. The van der Waals surface area contributed by atoms with E-state index in [9.17, 15) is 4.79 Å². The van der Waals surface area contributed by atoms with Crippen molar-refractivity contribution in [2.75, 3.05) is 19.8 Å². The third kappa shape index (κ3) is 1.77. The van der Waals surface area contributed by atoms with Crippen LogP contribution < -0.4 is 5.73 Å². The van der Waals surface area contributed by atoms with Crippen LogP contribution in [0.4, 0.5) is 0 Å². The number of hydrogen-bond donors (Lipinski definition) is 1. The fourth-order valence-electron chi connectivity index (χ4n) is 3.94. The van der Waals surface area contributed by atoms with Gasteiger partial charge in [0.25, 0.3) is 0 Å². The molecule has 18 heavy (non-hydrogen) atoms. The number of nitrogens with two attached hydrogens (primary N) is 1. The molecule has 3 rings (SSSR count). The molecule has 3 fully saturated rings. The van der Waals surface area contributed by atoms with Gasteiger partial charge < -0.3 is 15.4 Å². The molecule has 2 saturated heterocycles. The number of hydrogen-bond acceptors (Lipinski definition) is 3. The van der Waals surface area contributed by atoms with Gasteiger partial charge in [-0.05, 0) is 38.5 Å². The average molecular weight is 252 g/mol. The highest BCUT2D eigenvalue weighted by Gasteiger charge is 2.49. The van der Waals surface area contributed by atoms with Gasteiger partial charge in [-0.3, -0.25) is 4.79 Å². The molecule has 0 aromatic rings. The molecule has 0 spiro atoms. The van der Waals surface area contributed by atoms with Crippen LogP contribution in [-0.4, -0.2) is 42.6 Å². The van der Waals surface area contributed by atoms with Gasteiger partial charge in [-0.1, -0.05) is 6.42 Å². The molecule has 2 aliphatic heterocycles. The Morgan fingerprint density at radius 2 is 2.11 bits per heavy atom. The van der Waals surface area contributed by atoms with Gasteiger partial charge >= 0.3 is 0 Å². The summed E-state index contributed by atoms with van der Waals surface area (Å²) < 4.78 is 5.42. The molecule has 3 aliphatic rings. The molecule has 4 atom stereocenters. The van der Waals surface area contributed by atoms with E-state index in [0.29, 0.717) is 19.3 Å². The second-order valence-electron chi connectivity index (χ2n) is 6.44. The van der Waals surface area contributed by atoms with E-state index in [1.165, 1.54) is 25.7 Å². The Labute approximate surface area is 109 Å². The van der Waals surface area contributed by atoms with Gasteiger partial charge in [-0.25, -0.2) is 0 Å². The minimum absolute atomic E-state index is 0.147. The second kappa shape index (κ2) is 4.49. The monoisotopic (exact) mass is 252 g/mol. The SMILES string of the molecule is CC1(C(=O)N2CCCC3CCCC32)COCC1N. The Kier molecular flexibility index (Phi) is 3.10. The molecular weight excluding hydrogens is 228 g/mol. The highest BCUT2D eigenvalue weighted by atomic mass is 16.5. The minimum Gasteiger partial charge on any atom is -0.379 e. The van der Waals surface area contributed by atoms with Crippen LogP contribution >= 0.6 is 0 Å². The van der Waals surface area contributed by atoms with Crippen molar-refractivity contribution in [3.8, 4) is 0 Å². The number of fused-ring (bicyclic) bond motifs is 1. The quantitative estimate of drug-likeness (QED) is 0.761. The summed E-state index contributed by atoms with van der Waals surface area (Å²) in [6.45, 7) is 3.90. The molecule has 0 radical (unpaired) electrons. The fraction of sp³-hybridized carbons (Fsp3) is 0.929. The molecule has 0 bridgehead atoms. The number of nitrogens with zero attached hydrogens (tertiary/aromatic N) is 1. The van der Waals surface area contributed by atoms with Crippen LogP contribution in [0, 0.1) is 11.3 Å². The number of carbonyl (C=O) groups is 1. The summed E-state index contributed by atoms with van der Waals surface area (Å²) in [6, 6.07) is 0.336. The normalized spacial score (nSPS) is 44.1. The Balaban J connectivity index is 1.79. The highest BCUT2D eigenvalue weighted by molar-refractivity contribution is 5.84. The van der Waals surface area contributed by atoms with Crippen molar-refractivity contribution in [1.82, 2.24) is 4.90 Å². The lowest BCUT2D eigenvalue weighted by Gasteiger charge is -2.42. The van der Waals surface area contributed by atoms with Gasteiger partial charge in [0.1, 0.15) is 0 Å². The van der Waals surface area contributed by atoms with Crippen molar-refractivity contribution in [2.24, 2.45) is 17.1 Å². The standard InChI is InChI=1S/C14H24N2O2/c1-14(9-18-8-12(14)15)13(17)16-7-3-5-10-4-2-6-11(10)16/h10-12H,2-9,15H2,1H3. The second-order valence-corrected chi connectivity index (χ2v) is 6.44. The van der Waals surface area contributed by atoms with E-state index in [2.05, 4.69) is 4.90 Å². The maximum Gasteiger partial charge on any atom is 0.232 e. The molecular formula is C14H24N2O2. The van der Waals surface area contributed by atoms with E-state index >= 15 is 0 Å². The largest absolute Gasteiger partial charge is 0.379 e. The fourth-order valence-corrected chi connectivity index (χ4v) is 3.94. The van der Waals surface area contributed by atoms with E-state index < -0.39 is 5.41 Å². The minimum atomic E-state index is -0.496. The van der Waals surface area contributed by atoms with Crippen LogP contribution in [0.2, 0.25) is 0 Å². The molecule has 4 heteroatoms. The van der Waals surface area contributed by atoms with E-state index in [4.69, 9.17) is 10.5 Å². The lowest BCUT2D eigenvalue weighted by molar-refractivity contribution is -0.146. The maximum absolute atomic E-state index is 12.8. The third-order valence-corrected chi connectivity index (χ3v) is 5.26. The molecule has 1 aliphatic carbocycles. The van der Waals surface area contributed by atoms with Crippen molar-refractivity contribution in [3.63, 3.8) is 0 Å². The summed E-state index contributed by atoms with van der Waals surface area (Å²) in [6.07, 6.45) is 6.21. The Morgan fingerprint density at radius 3 is 2.83 bits per heavy atom. The summed E-state index contributed by atoms with van der Waals surface area (Å²) in [5, 5.41) is 0. The van der Waals surface area contributed by atoms with Crippen molar-refractivity contribution in [1.29, 1.82) is 0 Å². The molecule has 4 nitrogen and oxygen atoms in total. The van der Waals surface area contributed by atoms with E-state index in [-0.39, 0.29) is 11.9 Å². The van der Waals surface area contributed by atoms with Crippen LogP contribution in [-0.2, 0) is 9.53 Å². The Hall–Kier alpha value is -0.610. The van der Waals surface area contributed by atoms with Crippen molar-refractivity contribution >= 4 is 5.91 Å². The van der Waals surface area contributed by atoms with Gasteiger partial charge in [-0.15, -0.1) is 0 Å². The van der Waals surface area contributed by atoms with E-state index in [1.807, 2.05) is 6.92 Å². The molecule has 2 N–H and O–H groups in total. The Morgan fingerprint density at radius 1 is 1.33 bits per heavy atom. The van der Waals surface area contributed by atoms with Gasteiger partial charge in [-0.2, -0.15) is 0 Å². The van der Waals surface area contributed by atoms with Crippen molar-refractivity contribution in [2.45, 2.75) is 51.1 Å². The number of piperidine rings is 1. The van der Waals surface area contributed by atoms with Crippen LogP contribution in [0.5, 0.6) is 0 Å². The first-order chi connectivity index (χ1) is 8.63. The molecule has 1 saturated carbocycles. The number of likely N-dealkylation sites (tertiary alicyclic amines) is 1. The zero-order chi connectivity index (χ0) is 12.8. The summed E-state index contributed by atoms with van der Waals surface area (Å²) >= 11 is 0. The Bertz CT molecular complexity index is 347. The molecule has 102 valence electrons. The molecule has 4 unspecified atom stereocenters. The summed E-state index contributed by atoms with van der Waals surface area (Å²) in [5.74, 6) is 0.981. The maximum atomic E-state index is 12.8. The van der Waals surface area contributed by atoms with Crippen LogP contribution in [0.15, 0.2) is 0 Å². The van der Waals surface area contributed by atoms with Gasteiger partial charge in [0, 0.05) is 18.6 Å². The number of ether oxygens (including phenoxy) is 1. The summed E-state index contributed by atoms with van der Waals surface area (Å²) in [7, 11) is 0. The summed E-state index contributed by atoms with van der Waals surface area (Å²) in [4.78, 5) is 15.0. The average Bonchev–Trinajstić information content (AvgIpc) is 2.96. The predicted octanol–water partition coefficient (Wildman–Crippen LogP) is 1.14. The zero-order valence-electron chi connectivity index (χ0n) is 11.2. The first kappa shape index (κ1) is 12.4. The predicted molar refractivity (Wildman–Crippen MR) is 69.0 cm³/mol. The molecule has 0 aromatic heterocycles. The van der Waals surface area contributed by atoms with Crippen LogP contribution in [0.1, 0.15) is 39.0 Å². The molecule has 0 aromatic carbocycles. The van der Waals surface area contributed by atoms with Crippen molar-refractivity contribution < 1.29 is 9.53 Å². The lowest BCUT2D eigenvalue weighted by atomic mass is 9.82. The lowest BCUT2D eigenvalue weighted by Crippen LogP contribution is -2.56. The van der Waals surface area contributed by atoms with Gasteiger partial charge in [0.15, 0.2) is 0 Å². The first-order valence-electron chi connectivity index (χ1n) is 7.27. The van der Waals surface area contributed by atoms with Crippen LogP contribution in [0.3, 0.4) is 0 Å². The number of rotatable bonds is 1.